The first-order valence-corrected chi connectivity index (χ1v) is 7.83. The molecule has 0 heterocycles. The highest BCUT2D eigenvalue weighted by atomic mass is 79.9. The second kappa shape index (κ2) is 7.12. The average molecular weight is 449 g/mol. The van der Waals surface area contributed by atoms with E-state index in [2.05, 4.69) is 42.5 Å². The summed E-state index contributed by atoms with van der Waals surface area (Å²) in [6.07, 6.45) is 0. The van der Waals surface area contributed by atoms with Gasteiger partial charge in [-0.3, -0.25) is 10.1 Å². The molecule has 0 aliphatic rings. The summed E-state index contributed by atoms with van der Waals surface area (Å²) in [4.78, 5) is 10.2. The molecule has 0 bridgehead atoms. The van der Waals surface area contributed by atoms with E-state index in [0.717, 1.165) is 0 Å². The first-order chi connectivity index (χ1) is 10.4. The number of nitro benzene ring substituents is 1. The highest BCUT2D eigenvalue weighted by Crippen LogP contribution is 2.29. The van der Waals surface area contributed by atoms with Crippen LogP contribution in [0.4, 0.5) is 21.5 Å². The smallest absolute Gasteiger partial charge is 0.271 e. The van der Waals surface area contributed by atoms with Crippen LogP contribution in [0.15, 0.2) is 45.3 Å². The predicted molar refractivity (Wildman–Crippen MR) is 94.7 cm³/mol. The Hall–Kier alpha value is -1.58. The maximum atomic E-state index is 13.9. The third-order valence-electron chi connectivity index (χ3n) is 2.56. The average Bonchev–Trinajstić information content (AvgIpc) is 2.43. The van der Waals surface area contributed by atoms with Gasteiger partial charge in [-0.2, -0.15) is 0 Å². The molecular formula is C13H8Br2FN3O2S. The van der Waals surface area contributed by atoms with Crippen LogP contribution in [0.3, 0.4) is 0 Å². The lowest BCUT2D eigenvalue weighted by Crippen LogP contribution is -2.20. The minimum atomic E-state index is -0.507. The van der Waals surface area contributed by atoms with Gasteiger partial charge in [0.1, 0.15) is 5.82 Å². The molecule has 2 aromatic rings. The highest BCUT2D eigenvalue weighted by Gasteiger charge is 2.11. The molecule has 0 aromatic heterocycles. The zero-order valence-corrected chi connectivity index (χ0v) is 14.8. The van der Waals surface area contributed by atoms with E-state index in [4.69, 9.17) is 12.2 Å². The third-order valence-corrected chi connectivity index (χ3v) is 3.85. The second-order valence-corrected chi connectivity index (χ2v) is 6.31. The van der Waals surface area contributed by atoms with Gasteiger partial charge in [-0.05, 0) is 46.3 Å². The number of hydrogen-bond donors (Lipinski definition) is 2. The van der Waals surface area contributed by atoms with Gasteiger partial charge in [0.25, 0.3) is 5.69 Å². The van der Waals surface area contributed by atoms with E-state index < -0.39 is 10.7 Å². The first-order valence-electron chi connectivity index (χ1n) is 5.84. The quantitative estimate of drug-likeness (QED) is 0.390. The summed E-state index contributed by atoms with van der Waals surface area (Å²) in [6.45, 7) is 0. The van der Waals surface area contributed by atoms with Gasteiger partial charge in [-0.1, -0.05) is 22.0 Å². The molecular weight excluding hydrogens is 441 g/mol. The van der Waals surface area contributed by atoms with Gasteiger partial charge in [0.05, 0.1) is 10.6 Å². The fourth-order valence-electron chi connectivity index (χ4n) is 1.63. The SMILES string of the molecule is O=[N+]([O-])c1cccc(NC(=S)Nc2c(F)cc(Br)cc2Br)c1. The molecule has 0 radical (unpaired) electrons. The topological polar surface area (TPSA) is 67.2 Å². The van der Waals surface area contributed by atoms with Gasteiger partial charge in [0, 0.05) is 26.8 Å². The van der Waals surface area contributed by atoms with Crippen molar-refractivity contribution in [1.29, 1.82) is 0 Å². The summed E-state index contributed by atoms with van der Waals surface area (Å²) in [5.74, 6) is -0.496. The maximum Gasteiger partial charge on any atom is 0.271 e. The molecule has 0 aliphatic carbocycles. The summed E-state index contributed by atoms with van der Waals surface area (Å²) in [5, 5.41) is 16.3. The molecule has 0 aliphatic heterocycles. The number of nitrogens with one attached hydrogen (secondary N) is 2. The number of nitrogens with zero attached hydrogens (tertiary/aromatic N) is 1. The monoisotopic (exact) mass is 447 g/mol. The molecule has 22 heavy (non-hydrogen) atoms. The predicted octanol–water partition coefficient (Wildman–Crippen LogP) is 5.07. The molecule has 0 amide bonds. The first kappa shape index (κ1) is 16.8. The van der Waals surface area contributed by atoms with Gasteiger partial charge in [-0.15, -0.1) is 0 Å². The number of benzene rings is 2. The van der Waals surface area contributed by atoms with Crippen molar-refractivity contribution >= 4 is 66.3 Å². The van der Waals surface area contributed by atoms with Crippen molar-refractivity contribution in [1.82, 2.24) is 0 Å². The molecule has 0 saturated heterocycles. The molecule has 0 spiro atoms. The van der Waals surface area contributed by atoms with Gasteiger partial charge < -0.3 is 10.6 Å². The number of halogens is 3. The van der Waals surface area contributed by atoms with Crippen molar-refractivity contribution in [3.8, 4) is 0 Å². The van der Waals surface area contributed by atoms with Crippen molar-refractivity contribution in [2.24, 2.45) is 0 Å². The Morgan fingerprint density at radius 1 is 1.23 bits per heavy atom. The van der Waals surface area contributed by atoms with E-state index in [0.29, 0.717) is 14.6 Å². The molecule has 0 atom stereocenters. The van der Waals surface area contributed by atoms with E-state index >= 15 is 0 Å². The van der Waals surface area contributed by atoms with Crippen molar-refractivity contribution in [2.75, 3.05) is 10.6 Å². The minimum Gasteiger partial charge on any atom is -0.332 e. The summed E-state index contributed by atoms with van der Waals surface area (Å²) >= 11 is 11.5. The number of non-ortho nitro benzene ring substituents is 1. The van der Waals surface area contributed by atoms with Crippen LogP contribution in [0.25, 0.3) is 0 Å². The van der Waals surface area contributed by atoms with Crippen LogP contribution in [0.2, 0.25) is 0 Å². The molecule has 0 unspecified atom stereocenters. The van der Waals surface area contributed by atoms with E-state index in [1.807, 2.05) is 0 Å². The summed E-state index contributed by atoms with van der Waals surface area (Å²) in [6, 6.07) is 8.81. The van der Waals surface area contributed by atoms with Crippen LogP contribution >= 0.6 is 44.1 Å². The van der Waals surface area contributed by atoms with Crippen molar-refractivity contribution in [2.45, 2.75) is 0 Å². The Kier molecular flexibility index (Phi) is 5.43. The molecule has 2 rings (SSSR count). The largest absolute Gasteiger partial charge is 0.332 e. The molecule has 2 aromatic carbocycles. The van der Waals surface area contributed by atoms with Crippen LogP contribution in [0, 0.1) is 15.9 Å². The molecule has 9 heteroatoms. The number of thiocarbonyl (C=S) groups is 1. The Morgan fingerprint density at radius 3 is 2.59 bits per heavy atom. The number of anilines is 2. The number of rotatable bonds is 3. The zero-order valence-electron chi connectivity index (χ0n) is 10.8. The van der Waals surface area contributed by atoms with E-state index in [1.54, 1.807) is 12.1 Å². The minimum absolute atomic E-state index is 0.0659. The lowest BCUT2D eigenvalue weighted by atomic mass is 10.3. The number of nitro groups is 1. The van der Waals surface area contributed by atoms with Crippen molar-refractivity contribution < 1.29 is 9.31 Å². The Labute approximate surface area is 147 Å². The molecule has 0 saturated carbocycles. The summed E-state index contributed by atoms with van der Waals surface area (Å²) in [7, 11) is 0. The van der Waals surface area contributed by atoms with Crippen LogP contribution in [-0.4, -0.2) is 10.0 Å². The van der Waals surface area contributed by atoms with Gasteiger partial charge in [0.15, 0.2) is 5.11 Å². The van der Waals surface area contributed by atoms with E-state index in [-0.39, 0.29) is 16.5 Å². The van der Waals surface area contributed by atoms with Crippen LogP contribution < -0.4 is 10.6 Å². The lowest BCUT2D eigenvalue weighted by molar-refractivity contribution is -0.384. The lowest BCUT2D eigenvalue weighted by Gasteiger charge is -2.13. The second-order valence-electron chi connectivity index (χ2n) is 4.13. The normalized spacial score (nSPS) is 10.1. The highest BCUT2D eigenvalue weighted by molar-refractivity contribution is 9.11. The summed E-state index contributed by atoms with van der Waals surface area (Å²) in [5.41, 5.74) is 0.537. The molecule has 0 fully saturated rings. The van der Waals surface area contributed by atoms with Crippen molar-refractivity contribution in [3.05, 3.63) is 61.3 Å². The molecule has 2 N–H and O–H groups in total. The van der Waals surface area contributed by atoms with Gasteiger partial charge in [-0.25, -0.2) is 4.39 Å². The van der Waals surface area contributed by atoms with Crippen molar-refractivity contribution in [3.63, 3.8) is 0 Å². The Morgan fingerprint density at radius 2 is 1.95 bits per heavy atom. The third kappa shape index (κ3) is 4.21. The number of hydrogen-bond acceptors (Lipinski definition) is 3. The van der Waals surface area contributed by atoms with Gasteiger partial charge in [0.2, 0.25) is 0 Å². The van der Waals surface area contributed by atoms with Crippen LogP contribution in [0.5, 0.6) is 0 Å². The fraction of sp³-hybridized carbons (Fsp3) is 0. The van der Waals surface area contributed by atoms with Crippen LogP contribution in [-0.2, 0) is 0 Å². The fourth-order valence-corrected chi connectivity index (χ4v) is 3.13. The Bertz CT molecular complexity index is 735. The summed E-state index contributed by atoms with van der Waals surface area (Å²) < 4.78 is 15.0. The van der Waals surface area contributed by atoms with Crippen LogP contribution in [0.1, 0.15) is 0 Å². The van der Waals surface area contributed by atoms with Gasteiger partial charge >= 0.3 is 0 Å². The maximum absolute atomic E-state index is 13.9. The van der Waals surface area contributed by atoms with E-state index in [1.165, 1.54) is 24.3 Å². The standard InChI is InChI=1S/C13H8Br2FN3O2S/c14-7-4-10(15)12(11(16)5-7)18-13(22)17-8-2-1-3-9(6-8)19(20)21/h1-6H,(H2,17,18,22). The Balaban J connectivity index is 2.14. The molecule has 5 nitrogen and oxygen atoms in total. The van der Waals surface area contributed by atoms with E-state index in [9.17, 15) is 14.5 Å². The zero-order chi connectivity index (χ0) is 16.3. The molecule has 114 valence electrons.